The van der Waals surface area contributed by atoms with Gasteiger partial charge in [-0.1, -0.05) is 48.0 Å². The lowest BCUT2D eigenvalue weighted by molar-refractivity contribution is 0.138. The lowest BCUT2D eigenvalue weighted by Crippen LogP contribution is -2.05. The van der Waals surface area contributed by atoms with E-state index in [1.807, 2.05) is 30.3 Å². The number of ether oxygens (including phenoxy) is 1. The normalized spacial score (nSPS) is 10.2. The van der Waals surface area contributed by atoms with Crippen LogP contribution in [0.5, 0.6) is 0 Å². The lowest BCUT2D eigenvalue weighted by atomic mass is 10.2. The van der Waals surface area contributed by atoms with Crippen LogP contribution in [0, 0.1) is 6.92 Å². The number of anilines is 1. The van der Waals surface area contributed by atoms with Crippen molar-refractivity contribution in [2.24, 2.45) is 0 Å². The van der Waals surface area contributed by atoms with Crippen molar-refractivity contribution in [2.75, 3.05) is 12.0 Å². The van der Waals surface area contributed by atoms with Gasteiger partial charge >= 0.3 is 0 Å². The molecule has 0 atom stereocenters. The molecule has 0 bridgehead atoms. The maximum atomic E-state index is 5.55. The van der Waals surface area contributed by atoms with Crippen LogP contribution in [-0.2, 0) is 11.3 Å². The van der Waals surface area contributed by atoms with Crippen molar-refractivity contribution < 1.29 is 4.74 Å². The van der Waals surface area contributed by atoms with Crippen molar-refractivity contribution in [3.05, 3.63) is 65.7 Å². The summed E-state index contributed by atoms with van der Waals surface area (Å²) in [7, 11) is 0. The lowest BCUT2D eigenvalue weighted by Gasteiger charge is -2.07. The average Bonchev–Trinajstić information content (AvgIpc) is 2.38. The first kappa shape index (κ1) is 11.7. The fraction of sp³-hybridized carbons (Fsp3) is 0.200. The van der Waals surface area contributed by atoms with Crippen molar-refractivity contribution >= 4 is 5.69 Å². The summed E-state index contributed by atoms with van der Waals surface area (Å²) < 4.78 is 5.55. The Bertz CT molecular complexity index is 436. The highest BCUT2D eigenvalue weighted by molar-refractivity contribution is 5.41. The van der Waals surface area contributed by atoms with Crippen molar-refractivity contribution in [1.82, 2.24) is 0 Å². The molecule has 0 amide bonds. The van der Waals surface area contributed by atoms with Crippen molar-refractivity contribution in [2.45, 2.75) is 13.5 Å². The first-order valence-electron chi connectivity index (χ1n) is 5.77. The van der Waals surface area contributed by atoms with Gasteiger partial charge in [0.05, 0.1) is 6.61 Å². The van der Waals surface area contributed by atoms with Crippen molar-refractivity contribution in [3.63, 3.8) is 0 Å². The smallest absolute Gasteiger partial charge is 0.116 e. The van der Waals surface area contributed by atoms with E-state index in [1.165, 1.54) is 11.1 Å². The summed E-state index contributed by atoms with van der Waals surface area (Å²) in [5.74, 6) is 0. The van der Waals surface area contributed by atoms with Crippen molar-refractivity contribution in [3.8, 4) is 0 Å². The molecule has 2 nitrogen and oxygen atoms in total. The van der Waals surface area contributed by atoms with E-state index in [0.29, 0.717) is 13.3 Å². The highest BCUT2D eigenvalue weighted by Crippen LogP contribution is 2.06. The van der Waals surface area contributed by atoms with E-state index in [2.05, 4.69) is 36.5 Å². The van der Waals surface area contributed by atoms with Gasteiger partial charge in [0, 0.05) is 5.69 Å². The Labute approximate surface area is 102 Å². The first-order chi connectivity index (χ1) is 8.34. The molecule has 0 aliphatic heterocycles. The Kier molecular flexibility index (Phi) is 4.17. The molecule has 0 radical (unpaired) electrons. The summed E-state index contributed by atoms with van der Waals surface area (Å²) in [5, 5.41) is 3.20. The summed E-state index contributed by atoms with van der Waals surface area (Å²) in [4.78, 5) is 0. The van der Waals surface area contributed by atoms with Gasteiger partial charge in [-0.05, 0) is 24.6 Å². The predicted molar refractivity (Wildman–Crippen MR) is 70.9 cm³/mol. The Hall–Kier alpha value is -1.80. The number of rotatable bonds is 5. The van der Waals surface area contributed by atoms with Gasteiger partial charge in [-0.3, -0.25) is 0 Å². The standard InChI is InChI=1S/C15H17NO/c1-13-7-9-14(10-8-13)11-17-12-16-15-5-3-2-4-6-15/h2-10,16H,11-12H2,1H3. The molecule has 0 heterocycles. The predicted octanol–water partition coefficient (Wildman–Crippen LogP) is 3.58. The van der Waals surface area contributed by atoms with Crippen LogP contribution in [-0.4, -0.2) is 6.73 Å². The van der Waals surface area contributed by atoms with Crippen LogP contribution in [0.4, 0.5) is 5.69 Å². The number of para-hydroxylation sites is 1. The van der Waals surface area contributed by atoms with Gasteiger partial charge in [0.1, 0.15) is 6.73 Å². The number of nitrogens with one attached hydrogen (secondary N) is 1. The summed E-state index contributed by atoms with van der Waals surface area (Å²) in [6.07, 6.45) is 0. The van der Waals surface area contributed by atoms with Gasteiger partial charge in [-0.15, -0.1) is 0 Å². The fourth-order valence-electron chi connectivity index (χ4n) is 1.54. The summed E-state index contributed by atoms with van der Waals surface area (Å²) >= 11 is 0. The molecule has 0 aliphatic rings. The molecule has 88 valence electrons. The van der Waals surface area contributed by atoms with Crippen LogP contribution in [0.1, 0.15) is 11.1 Å². The topological polar surface area (TPSA) is 21.3 Å². The molecule has 1 N–H and O–H groups in total. The second-order valence-corrected chi connectivity index (χ2v) is 4.02. The highest BCUT2D eigenvalue weighted by Gasteiger charge is 1.93. The zero-order chi connectivity index (χ0) is 11.9. The van der Waals surface area contributed by atoms with Gasteiger partial charge in [-0.2, -0.15) is 0 Å². The molecule has 17 heavy (non-hydrogen) atoms. The molecule has 0 spiro atoms. The van der Waals surface area contributed by atoms with E-state index < -0.39 is 0 Å². The van der Waals surface area contributed by atoms with Crippen LogP contribution < -0.4 is 5.32 Å². The third-order valence-corrected chi connectivity index (χ3v) is 2.54. The summed E-state index contributed by atoms with van der Waals surface area (Å²) in [5.41, 5.74) is 3.55. The van der Waals surface area contributed by atoms with Crippen LogP contribution in [0.3, 0.4) is 0 Å². The molecule has 0 aromatic heterocycles. The van der Waals surface area contributed by atoms with Gasteiger partial charge < -0.3 is 10.1 Å². The molecule has 2 heteroatoms. The van der Waals surface area contributed by atoms with E-state index in [9.17, 15) is 0 Å². The fourth-order valence-corrected chi connectivity index (χ4v) is 1.54. The van der Waals surface area contributed by atoms with Crippen LogP contribution >= 0.6 is 0 Å². The maximum Gasteiger partial charge on any atom is 0.116 e. The summed E-state index contributed by atoms with van der Waals surface area (Å²) in [6.45, 7) is 3.25. The number of benzene rings is 2. The van der Waals surface area contributed by atoms with E-state index in [0.717, 1.165) is 5.69 Å². The Morgan fingerprint density at radius 1 is 0.941 bits per heavy atom. The van der Waals surface area contributed by atoms with Gasteiger partial charge in [0.25, 0.3) is 0 Å². The van der Waals surface area contributed by atoms with Crippen LogP contribution in [0.25, 0.3) is 0 Å². The molecule has 2 aromatic rings. The van der Waals surface area contributed by atoms with E-state index >= 15 is 0 Å². The zero-order valence-electron chi connectivity index (χ0n) is 10.0. The molecule has 0 fully saturated rings. The largest absolute Gasteiger partial charge is 0.363 e. The monoisotopic (exact) mass is 227 g/mol. The quantitative estimate of drug-likeness (QED) is 0.622. The number of aryl methyl sites for hydroxylation is 1. The second kappa shape index (κ2) is 6.06. The SMILES string of the molecule is Cc1ccc(COCNc2ccccc2)cc1. The summed E-state index contributed by atoms with van der Waals surface area (Å²) in [6, 6.07) is 18.4. The van der Waals surface area contributed by atoms with Gasteiger partial charge in [-0.25, -0.2) is 0 Å². The molecular formula is C15H17NO. The molecule has 0 saturated heterocycles. The molecule has 0 aliphatic carbocycles. The first-order valence-corrected chi connectivity index (χ1v) is 5.77. The van der Waals surface area contributed by atoms with Gasteiger partial charge in [0.2, 0.25) is 0 Å². The Balaban J connectivity index is 1.71. The second-order valence-electron chi connectivity index (χ2n) is 4.02. The van der Waals surface area contributed by atoms with Crippen molar-refractivity contribution in [1.29, 1.82) is 0 Å². The average molecular weight is 227 g/mol. The minimum atomic E-state index is 0.526. The maximum absolute atomic E-state index is 5.55. The Morgan fingerprint density at radius 2 is 1.65 bits per heavy atom. The Morgan fingerprint density at radius 3 is 2.35 bits per heavy atom. The molecule has 2 aromatic carbocycles. The molecule has 2 rings (SSSR count). The van der Waals surface area contributed by atoms with E-state index in [-0.39, 0.29) is 0 Å². The third kappa shape index (κ3) is 3.93. The molecular weight excluding hydrogens is 210 g/mol. The highest BCUT2D eigenvalue weighted by atomic mass is 16.5. The molecule has 0 saturated carbocycles. The van der Waals surface area contributed by atoms with Crippen LogP contribution in [0.2, 0.25) is 0 Å². The van der Waals surface area contributed by atoms with Gasteiger partial charge in [0.15, 0.2) is 0 Å². The van der Waals surface area contributed by atoms with Crippen LogP contribution in [0.15, 0.2) is 54.6 Å². The van der Waals surface area contributed by atoms with E-state index in [4.69, 9.17) is 4.74 Å². The molecule has 0 unspecified atom stereocenters. The zero-order valence-corrected chi connectivity index (χ0v) is 10.0. The minimum absolute atomic E-state index is 0.526. The third-order valence-electron chi connectivity index (χ3n) is 2.54. The number of hydrogen-bond donors (Lipinski definition) is 1. The minimum Gasteiger partial charge on any atom is -0.363 e. The number of hydrogen-bond acceptors (Lipinski definition) is 2. The van der Waals surface area contributed by atoms with E-state index in [1.54, 1.807) is 0 Å².